The lowest BCUT2D eigenvalue weighted by Crippen LogP contribution is -2.57. The number of anilines is 1. The molecule has 5 rings (SSSR count). The number of phenols is 1. The number of benzene rings is 4. The number of ether oxygens (including phenoxy) is 1. The van der Waals surface area contributed by atoms with Gasteiger partial charge in [-0.3, -0.25) is 9.59 Å². The van der Waals surface area contributed by atoms with Gasteiger partial charge in [0.25, 0.3) is 5.91 Å². The molecule has 1 saturated carbocycles. The molecule has 8 heteroatoms. The molecule has 0 heterocycles. The first-order valence-electron chi connectivity index (χ1n) is 15.5. The zero-order chi connectivity index (χ0) is 32.8. The number of carbonyl (C=O) groups is 3. The van der Waals surface area contributed by atoms with Crippen LogP contribution in [-0.2, 0) is 20.7 Å². The van der Waals surface area contributed by atoms with Gasteiger partial charge >= 0.3 is 6.09 Å². The topological polar surface area (TPSA) is 108 Å². The average Bonchev–Trinajstić information content (AvgIpc) is 2.99. The van der Waals surface area contributed by atoms with E-state index >= 15 is 0 Å². The third kappa shape index (κ3) is 7.86. The predicted molar refractivity (Wildman–Crippen MR) is 179 cm³/mol. The van der Waals surface area contributed by atoms with Crippen molar-refractivity contribution in [3.05, 3.63) is 108 Å². The molecule has 4 aromatic rings. The van der Waals surface area contributed by atoms with Gasteiger partial charge in [0, 0.05) is 23.7 Å². The Labute approximate surface area is 269 Å². The summed E-state index contributed by atoms with van der Waals surface area (Å²) in [5, 5.41) is 17.7. The molecule has 3 N–H and O–H groups in total. The van der Waals surface area contributed by atoms with Crippen LogP contribution < -0.4 is 10.6 Å². The summed E-state index contributed by atoms with van der Waals surface area (Å²) < 4.78 is 5.53. The Bertz CT molecular complexity index is 1750. The maximum Gasteiger partial charge on any atom is 0.408 e. The molecule has 0 aliphatic heterocycles. The van der Waals surface area contributed by atoms with Crippen molar-refractivity contribution in [2.75, 3.05) is 5.32 Å². The molecule has 4 aromatic carbocycles. The van der Waals surface area contributed by atoms with E-state index < -0.39 is 29.7 Å². The minimum atomic E-state index is -1.05. The van der Waals surface area contributed by atoms with E-state index in [-0.39, 0.29) is 24.1 Å². The largest absolute Gasteiger partial charge is 0.508 e. The Morgan fingerprint density at radius 2 is 1.63 bits per heavy atom. The van der Waals surface area contributed by atoms with Gasteiger partial charge in [0.2, 0.25) is 5.91 Å². The van der Waals surface area contributed by atoms with Crippen molar-refractivity contribution in [3.8, 4) is 18.1 Å². The second kappa shape index (κ2) is 13.8. The van der Waals surface area contributed by atoms with Gasteiger partial charge in [-0.05, 0) is 98.3 Å². The number of alkyl carbamates (subject to hydrolysis) is 1. The quantitative estimate of drug-likeness (QED) is 0.181. The maximum atomic E-state index is 14.7. The van der Waals surface area contributed by atoms with Crippen LogP contribution in [0.2, 0.25) is 0 Å². The van der Waals surface area contributed by atoms with E-state index in [9.17, 15) is 19.5 Å². The maximum absolute atomic E-state index is 14.7. The highest BCUT2D eigenvalue weighted by Crippen LogP contribution is 2.35. The minimum Gasteiger partial charge on any atom is -0.508 e. The summed E-state index contributed by atoms with van der Waals surface area (Å²) in [4.78, 5) is 43.7. The molecule has 0 radical (unpaired) electrons. The van der Waals surface area contributed by atoms with E-state index in [1.165, 1.54) is 12.1 Å². The number of fused-ring (bicyclic) bond motifs is 1. The Kier molecular flexibility index (Phi) is 9.62. The highest BCUT2D eigenvalue weighted by molar-refractivity contribution is 6.00. The molecule has 8 nitrogen and oxygen atoms in total. The number of terminal acetylenes is 1. The molecule has 1 aliphatic carbocycles. The highest BCUT2D eigenvalue weighted by atomic mass is 16.6. The third-order valence-electron chi connectivity index (χ3n) is 8.02. The first-order chi connectivity index (χ1) is 22.0. The molecule has 0 bridgehead atoms. The molecule has 2 unspecified atom stereocenters. The van der Waals surface area contributed by atoms with E-state index in [1.807, 2.05) is 42.5 Å². The number of aromatic hydroxyl groups is 1. The van der Waals surface area contributed by atoms with Crippen molar-refractivity contribution in [1.29, 1.82) is 0 Å². The fraction of sp³-hybridized carbons (Fsp3) is 0.289. The number of carbonyl (C=O) groups excluding carboxylic acids is 3. The van der Waals surface area contributed by atoms with Crippen LogP contribution in [0.1, 0.15) is 62.8 Å². The van der Waals surface area contributed by atoms with E-state index in [0.717, 1.165) is 22.8 Å². The number of amides is 3. The number of phenolic OH excluding ortho intramolecular Hbond substituents is 1. The monoisotopic (exact) mass is 617 g/mol. The number of nitrogens with zero attached hydrogens (tertiary/aromatic N) is 1. The number of rotatable bonds is 9. The van der Waals surface area contributed by atoms with Gasteiger partial charge in [-0.25, -0.2) is 4.79 Å². The highest BCUT2D eigenvalue weighted by Gasteiger charge is 2.42. The van der Waals surface area contributed by atoms with Crippen molar-refractivity contribution < 1.29 is 24.2 Å². The summed E-state index contributed by atoms with van der Waals surface area (Å²) in [6.45, 7) is 5.24. The van der Waals surface area contributed by atoms with Gasteiger partial charge in [0.05, 0.1) is 0 Å². The predicted octanol–water partition coefficient (Wildman–Crippen LogP) is 6.72. The van der Waals surface area contributed by atoms with Gasteiger partial charge < -0.3 is 25.4 Å². The zero-order valence-electron chi connectivity index (χ0n) is 26.3. The van der Waals surface area contributed by atoms with Crippen LogP contribution >= 0.6 is 0 Å². The molecule has 3 amide bonds. The van der Waals surface area contributed by atoms with Crippen LogP contribution in [0.4, 0.5) is 10.5 Å². The number of hydrogen-bond donors (Lipinski definition) is 3. The van der Waals surface area contributed by atoms with Crippen LogP contribution in [0, 0.1) is 12.3 Å². The SMILES string of the molecule is C#Cc1ccc(C(C(=O)Nc2ccc3ccccc3c2)N(C(=O)C(Cc2ccc(O)cc2)NC(=O)OC(C)(C)C)C2CCC2)cc1. The number of hydrogen-bond acceptors (Lipinski definition) is 5. The van der Waals surface area contributed by atoms with E-state index in [1.54, 1.807) is 62.1 Å². The van der Waals surface area contributed by atoms with Gasteiger partial charge in [0.1, 0.15) is 23.4 Å². The average molecular weight is 618 g/mol. The van der Waals surface area contributed by atoms with Crippen LogP contribution in [0.5, 0.6) is 5.75 Å². The normalized spacial score (nSPS) is 14.3. The standard InChI is InChI=1S/C38H39N3O5/c1-5-25-13-17-28(18-14-25)34(35(43)39-30-20-19-27-9-6-7-10-29(27)24-30)41(31-11-8-12-31)36(44)33(40-37(45)46-38(2,3)4)23-26-15-21-32(42)22-16-26/h1,6-7,9-10,13-22,24,31,33-34,42H,8,11-12,23H2,2-4H3,(H,39,43)(H,40,45). The molecular weight excluding hydrogens is 578 g/mol. The molecule has 1 aliphatic rings. The Balaban J connectivity index is 1.54. The summed E-state index contributed by atoms with van der Waals surface area (Å²) in [6, 6.07) is 24.8. The van der Waals surface area contributed by atoms with Gasteiger partial charge in [-0.15, -0.1) is 6.42 Å². The van der Waals surface area contributed by atoms with Gasteiger partial charge in [0.15, 0.2) is 0 Å². The lowest BCUT2D eigenvalue weighted by atomic mass is 9.87. The van der Waals surface area contributed by atoms with Crippen molar-refractivity contribution in [1.82, 2.24) is 10.2 Å². The molecule has 2 atom stereocenters. The molecular formula is C38H39N3O5. The second-order valence-corrected chi connectivity index (χ2v) is 12.6. The summed E-state index contributed by atoms with van der Waals surface area (Å²) >= 11 is 0. The van der Waals surface area contributed by atoms with E-state index in [0.29, 0.717) is 29.7 Å². The zero-order valence-corrected chi connectivity index (χ0v) is 26.3. The Hall–Kier alpha value is -5.29. The summed E-state index contributed by atoms with van der Waals surface area (Å²) in [6.07, 6.45) is 7.34. The second-order valence-electron chi connectivity index (χ2n) is 12.6. The molecule has 0 spiro atoms. The van der Waals surface area contributed by atoms with Gasteiger partial charge in [-0.2, -0.15) is 0 Å². The van der Waals surface area contributed by atoms with Crippen LogP contribution in [0.25, 0.3) is 10.8 Å². The van der Waals surface area contributed by atoms with Crippen LogP contribution in [-0.4, -0.2) is 45.6 Å². The van der Waals surface area contributed by atoms with Crippen LogP contribution in [0.15, 0.2) is 91.0 Å². The molecule has 236 valence electrons. The van der Waals surface area contributed by atoms with Crippen molar-refractivity contribution in [2.45, 2.75) is 70.2 Å². The van der Waals surface area contributed by atoms with Gasteiger partial charge in [-0.1, -0.05) is 60.5 Å². The van der Waals surface area contributed by atoms with Crippen LogP contribution in [0.3, 0.4) is 0 Å². The molecule has 0 aromatic heterocycles. The summed E-state index contributed by atoms with van der Waals surface area (Å²) in [7, 11) is 0. The minimum absolute atomic E-state index is 0.0867. The summed E-state index contributed by atoms with van der Waals surface area (Å²) in [5.74, 6) is 1.89. The Morgan fingerprint density at radius 1 is 0.957 bits per heavy atom. The van der Waals surface area contributed by atoms with E-state index in [2.05, 4.69) is 16.6 Å². The number of nitrogens with one attached hydrogen (secondary N) is 2. The summed E-state index contributed by atoms with van der Waals surface area (Å²) in [5.41, 5.74) is 1.78. The fourth-order valence-corrected chi connectivity index (χ4v) is 5.56. The van der Waals surface area contributed by atoms with Crippen molar-refractivity contribution in [3.63, 3.8) is 0 Å². The first-order valence-corrected chi connectivity index (χ1v) is 15.5. The Morgan fingerprint density at radius 3 is 2.24 bits per heavy atom. The van der Waals surface area contributed by atoms with Crippen molar-refractivity contribution in [2.24, 2.45) is 0 Å². The van der Waals surface area contributed by atoms with Crippen molar-refractivity contribution >= 4 is 34.4 Å². The lowest BCUT2D eigenvalue weighted by Gasteiger charge is -2.43. The first kappa shape index (κ1) is 32.1. The van der Waals surface area contributed by atoms with E-state index in [4.69, 9.17) is 11.2 Å². The molecule has 46 heavy (non-hydrogen) atoms. The lowest BCUT2D eigenvalue weighted by molar-refractivity contribution is -0.145. The fourth-order valence-electron chi connectivity index (χ4n) is 5.56. The molecule has 1 fully saturated rings. The smallest absolute Gasteiger partial charge is 0.408 e. The third-order valence-corrected chi connectivity index (χ3v) is 8.02. The molecule has 0 saturated heterocycles.